The molecule has 0 atom stereocenters. The summed E-state index contributed by atoms with van der Waals surface area (Å²) in [6.07, 6.45) is 1.48. The molecule has 1 heterocycles. The van der Waals surface area contributed by atoms with Crippen LogP contribution in [-0.4, -0.2) is 35.1 Å². The van der Waals surface area contributed by atoms with E-state index < -0.39 is 10.0 Å². The van der Waals surface area contributed by atoms with Crippen molar-refractivity contribution >= 4 is 15.8 Å². The molecule has 0 aliphatic carbocycles. The summed E-state index contributed by atoms with van der Waals surface area (Å²) in [5, 5.41) is 3.96. The summed E-state index contributed by atoms with van der Waals surface area (Å²) in [4.78, 5) is 0.0925. The summed E-state index contributed by atoms with van der Waals surface area (Å²) in [5.41, 5.74) is 5.66. The van der Waals surface area contributed by atoms with Gasteiger partial charge in [0.1, 0.15) is 4.90 Å². The minimum absolute atomic E-state index is 0.0611. The highest BCUT2D eigenvalue weighted by Gasteiger charge is 2.29. The quantitative estimate of drug-likeness (QED) is 0.853. The molecule has 0 aromatic carbocycles. The Balaban J connectivity index is 3.24. The van der Waals surface area contributed by atoms with E-state index in [4.69, 9.17) is 5.73 Å². The van der Waals surface area contributed by atoms with E-state index in [0.29, 0.717) is 13.1 Å². The Labute approximate surface area is 102 Å². The highest BCUT2D eigenvalue weighted by Crippen LogP contribution is 2.22. The lowest BCUT2D eigenvalue weighted by Gasteiger charge is -2.23. The molecular weight excluding hydrogens is 240 g/mol. The predicted molar refractivity (Wildman–Crippen MR) is 67.0 cm³/mol. The fourth-order valence-corrected chi connectivity index (χ4v) is 3.43. The smallest absolute Gasteiger partial charge is 0.248 e. The molecule has 0 radical (unpaired) electrons. The molecule has 1 aromatic rings. The molecule has 2 N–H and O–H groups in total. The van der Waals surface area contributed by atoms with Crippen LogP contribution in [0.5, 0.6) is 0 Å². The highest BCUT2D eigenvalue weighted by atomic mass is 32.2. The normalized spacial score (nSPS) is 12.6. The van der Waals surface area contributed by atoms with Gasteiger partial charge in [-0.15, -0.1) is 0 Å². The van der Waals surface area contributed by atoms with Crippen LogP contribution in [0.1, 0.15) is 27.7 Å². The number of sulfonamides is 1. The zero-order chi connectivity index (χ0) is 13.2. The van der Waals surface area contributed by atoms with Crippen molar-refractivity contribution in [3.8, 4) is 0 Å². The van der Waals surface area contributed by atoms with Crippen molar-refractivity contribution < 1.29 is 8.42 Å². The Morgan fingerprint density at radius 3 is 2.41 bits per heavy atom. The average molecular weight is 260 g/mol. The van der Waals surface area contributed by atoms with Gasteiger partial charge in [-0.3, -0.25) is 4.68 Å². The van der Waals surface area contributed by atoms with Gasteiger partial charge in [-0.05, 0) is 20.8 Å². The molecule has 7 heteroatoms. The summed E-state index contributed by atoms with van der Waals surface area (Å²) in [5.74, 6) is 0.0611. The summed E-state index contributed by atoms with van der Waals surface area (Å²) in [6.45, 7) is 8.36. The molecule has 17 heavy (non-hydrogen) atoms. The van der Waals surface area contributed by atoms with Crippen molar-refractivity contribution in [3.05, 3.63) is 6.20 Å². The Morgan fingerprint density at radius 1 is 1.47 bits per heavy atom. The second-order valence-corrected chi connectivity index (χ2v) is 5.90. The van der Waals surface area contributed by atoms with E-state index >= 15 is 0 Å². The van der Waals surface area contributed by atoms with Crippen LogP contribution in [0.4, 0.5) is 5.82 Å². The zero-order valence-electron chi connectivity index (χ0n) is 10.7. The lowest BCUT2D eigenvalue weighted by molar-refractivity contribution is 0.369. The van der Waals surface area contributed by atoms with Gasteiger partial charge in [0.2, 0.25) is 10.0 Å². The van der Waals surface area contributed by atoms with Crippen LogP contribution in [-0.2, 0) is 16.6 Å². The molecule has 1 rings (SSSR count). The highest BCUT2D eigenvalue weighted by molar-refractivity contribution is 7.89. The number of hydrogen-bond donors (Lipinski definition) is 1. The number of hydrogen-bond acceptors (Lipinski definition) is 4. The molecule has 0 saturated heterocycles. The number of nitrogen functional groups attached to an aromatic ring is 1. The Morgan fingerprint density at radius 2 is 2.06 bits per heavy atom. The average Bonchev–Trinajstić information content (AvgIpc) is 2.60. The van der Waals surface area contributed by atoms with E-state index in [0.717, 1.165) is 0 Å². The van der Waals surface area contributed by atoms with Gasteiger partial charge >= 0.3 is 0 Å². The molecule has 98 valence electrons. The maximum atomic E-state index is 12.3. The molecule has 1 aromatic heterocycles. The fraction of sp³-hybridized carbons (Fsp3) is 0.700. The molecule has 0 aliphatic heterocycles. The number of nitrogens with zero attached hydrogens (tertiary/aromatic N) is 3. The summed E-state index contributed by atoms with van der Waals surface area (Å²) >= 11 is 0. The lowest BCUT2D eigenvalue weighted by atomic mass is 10.4. The van der Waals surface area contributed by atoms with Crippen molar-refractivity contribution in [2.24, 2.45) is 0 Å². The van der Waals surface area contributed by atoms with E-state index in [1.54, 1.807) is 6.92 Å². The maximum absolute atomic E-state index is 12.3. The SMILES string of the molecule is CCN(C(C)C)S(=O)(=O)c1cn(CC)nc1N. The number of anilines is 1. The molecule has 0 aliphatic rings. The van der Waals surface area contributed by atoms with Crippen molar-refractivity contribution in [1.82, 2.24) is 14.1 Å². The first kappa shape index (κ1) is 14.0. The van der Waals surface area contributed by atoms with Crippen LogP contribution in [0.3, 0.4) is 0 Å². The van der Waals surface area contributed by atoms with Crippen LogP contribution in [0.2, 0.25) is 0 Å². The van der Waals surface area contributed by atoms with Crippen LogP contribution >= 0.6 is 0 Å². The Bertz CT molecular complexity index is 478. The monoisotopic (exact) mass is 260 g/mol. The second kappa shape index (κ2) is 5.05. The van der Waals surface area contributed by atoms with Gasteiger partial charge in [0, 0.05) is 25.3 Å². The fourth-order valence-electron chi connectivity index (χ4n) is 1.72. The lowest BCUT2D eigenvalue weighted by Crippen LogP contribution is -2.36. The third kappa shape index (κ3) is 2.61. The maximum Gasteiger partial charge on any atom is 0.248 e. The van der Waals surface area contributed by atoms with Crippen molar-refractivity contribution in [2.75, 3.05) is 12.3 Å². The molecular formula is C10H20N4O2S. The Hall–Kier alpha value is -1.08. The molecule has 0 fully saturated rings. The van der Waals surface area contributed by atoms with Gasteiger partial charge in [-0.1, -0.05) is 6.92 Å². The van der Waals surface area contributed by atoms with Gasteiger partial charge in [-0.2, -0.15) is 9.40 Å². The predicted octanol–water partition coefficient (Wildman–Crippen LogP) is 0.904. The molecule has 0 saturated carbocycles. The molecule has 0 unspecified atom stereocenters. The van der Waals surface area contributed by atoms with Gasteiger partial charge in [0.15, 0.2) is 5.82 Å². The number of rotatable bonds is 5. The largest absolute Gasteiger partial charge is 0.381 e. The standard InChI is InChI=1S/C10H20N4O2S/c1-5-13-7-9(10(11)12-13)17(15,16)14(6-2)8(3)4/h7-8H,5-6H2,1-4H3,(H2,11,12). The topological polar surface area (TPSA) is 81.2 Å². The van der Waals surface area contributed by atoms with E-state index in [9.17, 15) is 8.42 Å². The first-order valence-corrected chi connectivity index (χ1v) is 7.13. The first-order chi connectivity index (χ1) is 7.84. The number of aryl methyl sites for hydroxylation is 1. The van der Waals surface area contributed by atoms with Crippen LogP contribution < -0.4 is 5.73 Å². The van der Waals surface area contributed by atoms with Crippen LogP contribution in [0, 0.1) is 0 Å². The van der Waals surface area contributed by atoms with Crippen molar-refractivity contribution in [2.45, 2.75) is 45.2 Å². The van der Waals surface area contributed by atoms with Gasteiger partial charge in [0.25, 0.3) is 0 Å². The minimum atomic E-state index is -3.55. The van der Waals surface area contributed by atoms with Crippen LogP contribution in [0.25, 0.3) is 0 Å². The van der Waals surface area contributed by atoms with E-state index in [2.05, 4.69) is 5.10 Å². The summed E-state index contributed by atoms with van der Waals surface area (Å²) in [7, 11) is -3.55. The van der Waals surface area contributed by atoms with Crippen LogP contribution in [0.15, 0.2) is 11.1 Å². The third-order valence-electron chi connectivity index (χ3n) is 2.55. The van der Waals surface area contributed by atoms with Gasteiger partial charge < -0.3 is 5.73 Å². The number of aromatic nitrogens is 2. The summed E-state index contributed by atoms with van der Waals surface area (Å²) in [6, 6.07) is -0.102. The van der Waals surface area contributed by atoms with Crippen molar-refractivity contribution in [1.29, 1.82) is 0 Å². The van der Waals surface area contributed by atoms with Gasteiger partial charge in [-0.25, -0.2) is 8.42 Å². The molecule has 0 amide bonds. The second-order valence-electron chi connectivity index (χ2n) is 4.04. The van der Waals surface area contributed by atoms with E-state index in [-0.39, 0.29) is 16.8 Å². The van der Waals surface area contributed by atoms with Crippen molar-refractivity contribution in [3.63, 3.8) is 0 Å². The van der Waals surface area contributed by atoms with E-state index in [1.807, 2.05) is 20.8 Å². The minimum Gasteiger partial charge on any atom is -0.381 e. The number of nitrogens with two attached hydrogens (primary N) is 1. The molecule has 6 nitrogen and oxygen atoms in total. The molecule has 0 spiro atoms. The van der Waals surface area contributed by atoms with E-state index in [1.165, 1.54) is 15.2 Å². The van der Waals surface area contributed by atoms with Gasteiger partial charge in [0.05, 0.1) is 0 Å². The summed E-state index contributed by atoms with van der Waals surface area (Å²) < 4.78 is 27.6. The molecule has 0 bridgehead atoms. The third-order valence-corrected chi connectivity index (χ3v) is 4.72. The zero-order valence-corrected chi connectivity index (χ0v) is 11.5. The first-order valence-electron chi connectivity index (χ1n) is 5.69. The Kier molecular flexibility index (Phi) is 4.16.